The van der Waals surface area contributed by atoms with Gasteiger partial charge in [0, 0.05) is 15.7 Å². The van der Waals surface area contributed by atoms with Crippen LogP contribution >= 0.6 is 31.4 Å². The highest BCUT2D eigenvalue weighted by Gasteiger charge is 2.26. The van der Waals surface area contributed by atoms with Gasteiger partial charge in [-0.2, -0.15) is 0 Å². The molecule has 0 N–H and O–H groups in total. The van der Waals surface area contributed by atoms with Gasteiger partial charge < -0.3 is 0 Å². The Morgan fingerprint density at radius 3 is 1.62 bits per heavy atom. The Morgan fingerprint density at radius 2 is 1.19 bits per heavy atom. The van der Waals surface area contributed by atoms with Crippen LogP contribution in [0, 0.1) is 11.8 Å². The van der Waals surface area contributed by atoms with Crippen LogP contribution in [-0.4, -0.2) is 0 Å². The molecule has 0 radical (unpaired) electrons. The second-order valence-corrected chi connectivity index (χ2v) is 10.2. The van der Waals surface area contributed by atoms with Crippen molar-refractivity contribution in [1.29, 1.82) is 0 Å². The largest absolute Gasteiger partial charge is 0.0623 e. The molecule has 116 valence electrons. The first-order valence-electron chi connectivity index (χ1n) is 7.55. The fraction of sp³-hybridized carbons (Fsp3) is 0.556. The van der Waals surface area contributed by atoms with Gasteiger partial charge in [0.25, 0.3) is 0 Å². The molecule has 0 nitrogen and oxygen atoms in total. The smallest absolute Gasteiger partial charge is 0.0215 e. The van der Waals surface area contributed by atoms with Crippen molar-refractivity contribution in [2.75, 3.05) is 0 Å². The predicted octanol–water partition coefficient (Wildman–Crippen LogP) is 7.54. The molecule has 0 aliphatic heterocycles. The molecule has 0 fully saturated rings. The Bertz CT molecular complexity index is 588. The van der Waals surface area contributed by atoms with Crippen molar-refractivity contribution in [3.05, 3.63) is 43.2 Å². The number of allylic oxidation sites excluding steroid dienone is 7. The molecular formula is C18H26S3. The normalized spacial score (nSPS) is 26.9. The van der Waals surface area contributed by atoms with E-state index in [0.29, 0.717) is 11.8 Å². The van der Waals surface area contributed by atoms with E-state index in [1.807, 2.05) is 31.4 Å². The molecule has 2 atom stereocenters. The molecule has 0 saturated carbocycles. The van der Waals surface area contributed by atoms with E-state index in [9.17, 15) is 0 Å². The first kappa shape index (κ1) is 17.4. The molecule has 0 aromatic rings. The molecule has 3 heteroatoms. The first-order valence-corrected chi connectivity index (χ1v) is 11.0. The van der Waals surface area contributed by atoms with E-state index in [2.05, 4.69) is 55.4 Å². The summed E-state index contributed by atoms with van der Waals surface area (Å²) in [6.45, 7) is 18.3. The molecule has 2 rings (SSSR count). The topological polar surface area (TPSA) is 0 Å². The van der Waals surface area contributed by atoms with E-state index in [4.69, 9.17) is 0 Å². The third-order valence-electron chi connectivity index (χ3n) is 5.40. The van der Waals surface area contributed by atoms with Crippen LogP contribution in [-0.2, 0) is 0 Å². The quantitative estimate of drug-likeness (QED) is 0.486. The maximum atomic E-state index is 2.33. The lowest BCUT2D eigenvalue weighted by molar-refractivity contribution is 0.817. The molecule has 0 aromatic carbocycles. The van der Waals surface area contributed by atoms with Gasteiger partial charge in [0.05, 0.1) is 0 Å². The summed E-state index contributed by atoms with van der Waals surface area (Å²) in [7, 11) is 5.84. The Kier molecular flexibility index (Phi) is 5.49. The second kappa shape index (κ2) is 6.64. The highest BCUT2D eigenvalue weighted by Crippen LogP contribution is 2.55. The maximum Gasteiger partial charge on any atom is 0.0215 e. The molecule has 0 spiro atoms. The van der Waals surface area contributed by atoms with E-state index in [0.717, 1.165) is 0 Å². The Labute approximate surface area is 141 Å². The minimum Gasteiger partial charge on any atom is -0.0623 e. The van der Waals surface area contributed by atoms with Crippen molar-refractivity contribution >= 4 is 31.4 Å². The second-order valence-electron chi connectivity index (χ2n) is 6.30. The van der Waals surface area contributed by atoms with Crippen LogP contribution in [0.25, 0.3) is 0 Å². The first-order chi connectivity index (χ1) is 9.77. The highest BCUT2D eigenvalue weighted by molar-refractivity contribution is 9.10. The molecule has 2 aliphatic rings. The summed E-state index contributed by atoms with van der Waals surface area (Å²) in [6.07, 6.45) is 0. The van der Waals surface area contributed by atoms with Gasteiger partial charge in [-0.3, -0.25) is 0 Å². The van der Waals surface area contributed by atoms with E-state index in [1.165, 1.54) is 27.2 Å². The summed E-state index contributed by atoms with van der Waals surface area (Å²) in [5.41, 5.74) is 9.10. The van der Waals surface area contributed by atoms with E-state index in [-0.39, 0.29) is 0 Å². The van der Waals surface area contributed by atoms with Gasteiger partial charge in [0.2, 0.25) is 0 Å². The van der Waals surface area contributed by atoms with Crippen LogP contribution in [0.15, 0.2) is 43.2 Å². The molecule has 0 saturated heterocycles. The van der Waals surface area contributed by atoms with Crippen LogP contribution in [0.5, 0.6) is 0 Å². The lowest BCUT2D eigenvalue weighted by Gasteiger charge is -2.12. The molecule has 2 unspecified atom stereocenters. The average molecular weight is 339 g/mol. The summed E-state index contributed by atoms with van der Waals surface area (Å²) in [4.78, 5) is 3.05. The molecule has 0 heterocycles. The van der Waals surface area contributed by atoms with Crippen LogP contribution in [0.4, 0.5) is 0 Å². The van der Waals surface area contributed by atoms with Crippen molar-refractivity contribution < 1.29 is 0 Å². The molecule has 0 bridgehead atoms. The minimum absolute atomic E-state index is 0.596. The third kappa shape index (κ3) is 3.07. The monoisotopic (exact) mass is 338 g/mol. The summed E-state index contributed by atoms with van der Waals surface area (Å²) in [5, 5.41) is 0. The van der Waals surface area contributed by atoms with Crippen LogP contribution in [0.3, 0.4) is 0 Å². The molecule has 21 heavy (non-hydrogen) atoms. The zero-order valence-corrected chi connectivity index (χ0v) is 16.8. The van der Waals surface area contributed by atoms with Crippen molar-refractivity contribution in [3.63, 3.8) is 0 Å². The maximum absolute atomic E-state index is 2.33. The minimum atomic E-state index is 0.596. The molecule has 0 amide bonds. The van der Waals surface area contributed by atoms with Gasteiger partial charge in [-0.1, -0.05) is 30.6 Å². The highest BCUT2D eigenvalue weighted by atomic mass is 33.5. The zero-order valence-electron chi connectivity index (χ0n) is 14.4. The Hall–Kier alpha value is 0.01000. The van der Waals surface area contributed by atoms with Gasteiger partial charge in [-0.25, -0.2) is 0 Å². The fourth-order valence-corrected chi connectivity index (χ4v) is 8.05. The van der Waals surface area contributed by atoms with Crippen LogP contribution < -0.4 is 0 Å². The van der Waals surface area contributed by atoms with E-state index in [1.54, 1.807) is 16.1 Å². The van der Waals surface area contributed by atoms with E-state index >= 15 is 0 Å². The van der Waals surface area contributed by atoms with Gasteiger partial charge >= 0.3 is 0 Å². The summed E-state index contributed by atoms with van der Waals surface area (Å²) in [5.74, 6) is 1.22. The van der Waals surface area contributed by atoms with Gasteiger partial charge in [0.1, 0.15) is 0 Å². The van der Waals surface area contributed by atoms with E-state index < -0.39 is 0 Å². The summed E-state index contributed by atoms with van der Waals surface area (Å²) < 4.78 is 0. The van der Waals surface area contributed by atoms with Crippen LogP contribution in [0.1, 0.15) is 55.4 Å². The predicted molar refractivity (Wildman–Crippen MR) is 103 cm³/mol. The van der Waals surface area contributed by atoms with Crippen molar-refractivity contribution in [1.82, 2.24) is 0 Å². The lowest BCUT2D eigenvalue weighted by atomic mass is 10.0. The SMILES string of the molecule is CC1=C(C)C(C)C(C)=C1SSSC1=C(C)C(C)=C(C)C1C. The fourth-order valence-electron chi connectivity index (χ4n) is 3.00. The standard InChI is InChI=1S/C18H26S3/c1-9-10(2)14(6)17(13(9)5)19-21-20-18-15(7)11(3)12(4)16(18)8/h9,15H,1-8H3. The Balaban J connectivity index is 2.02. The number of hydrogen-bond donors (Lipinski definition) is 0. The average Bonchev–Trinajstić information content (AvgIpc) is 2.76. The van der Waals surface area contributed by atoms with Crippen molar-refractivity contribution in [2.24, 2.45) is 11.8 Å². The molecule has 0 aromatic heterocycles. The van der Waals surface area contributed by atoms with Gasteiger partial charge in [-0.05, 0) is 95.6 Å². The third-order valence-corrected chi connectivity index (χ3v) is 9.84. The Morgan fingerprint density at radius 1 is 0.619 bits per heavy atom. The van der Waals surface area contributed by atoms with Crippen LogP contribution in [0.2, 0.25) is 0 Å². The zero-order chi connectivity index (χ0) is 15.9. The number of rotatable bonds is 4. The molecular weight excluding hydrogens is 312 g/mol. The van der Waals surface area contributed by atoms with Gasteiger partial charge in [0.15, 0.2) is 0 Å². The van der Waals surface area contributed by atoms with Gasteiger partial charge in [-0.15, -0.1) is 0 Å². The summed E-state index contributed by atoms with van der Waals surface area (Å²) in [6, 6.07) is 0. The summed E-state index contributed by atoms with van der Waals surface area (Å²) >= 11 is 0. The molecule has 2 aliphatic carbocycles. The van der Waals surface area contributed by atoms with Crippen molar-refractivity contribution in [3.8, 4) is 0 Å². The number of hydrogen-bond acceptors (Lipinski definition) is 3. The van der Waals surface area contributed by atoms with Crippen molar-refractivity contribution in [2.45, 2.75) is 55.4 Å². The lowest BCUT2D eigenvalue weighted by Crippen LogP contribution is -1.92.